The summed E-state index contributed by atoms with van der Waals surface area (Å²) in [6.07, 6.45) is -2.89. The maximum atomic E-state index is 13.7. The second-order valence-electron chi connectivity index (χ2n) is 16.6. The van der Waals surface area contributed by atoms with Crippen LogP contribution in [0.2, 0.25) is 0 Å². The van der Waals surface area contributed by atoms with Gasteiger partial charge in [-0.1, -0.05) is 180 Å². The van der Waals surface area contributed by atoms with Crippen LogP contribution < -0.4 is 5.43 Å². The van der Waals surface area contributed by atoms with E-state index in [-0.39, 0.29) is 5.43 Å². The number of hydrogen-bond donors (Lipinski definition) is 0. The van der Waals surface area contributed by atoms with E-state index in [4.69, 9.17) is 4.74 Å². The molecule has 1 unspecified atom stereocenters. The van der Waals surface area contributed by atoms with Gasteiger partial charge in [0.2, 0.25) is 0 Å². The zero-order chi connectivity index (χ0) is 47.2. The number of rotatable bonds is 2. The monoisotopic (exact) mass is 980 g/mol. The fourth-order valence-electron chi connectivity index (χ4n) is 9.45. The van der Waals surface area contributed by atoms with Crippen molar-refractivity contribution in [2.24, 2.45) is 0 Å². The van der Waals surface area contributed by atoms with E-state index in [9.17, 15) is 31.1 Å². The Kier molecular flexibility index (Phi) is 11.7. The third-order valence-corrected chi connectivity index (χ3v) is 13.2. The molecule has 2 aromatic heterocycles. The SMILES string of the molecule is FC(F)(F)c1cc(-c2ccccc2Br)n(C2CCCCO2)n1.FC(F)(F)c1cc2n(n1)C1(c3ccccc3C=Cc3ccccc31)c1ccccc1-2.O=c1c2ccccc2ccc2ccccc12. The van der Waals surface area contributed by atoms with Crippen LogP contribution >= 0.6 is 15.9 Å². The first-order valence-electron chi connectivity index (χ1n) is 21.9. The quantitative estimate of drug-likeness (QED) is 0.162. The summed E-state index contributed by atoms with van der Waals surface area (Å²) < 4.78 is 89.4. The van der Waals surface area contributed by atoms with Gasteiger partial charge in [-0.2, -0.15) is 36.5 Å². The van der Waals surface area contributed by atoms with Crippen LogP contribution in [0.1, 0.15) is 64.7 Å². The number of fused-ring (bicyclic) bond motifs is 11. The van der Waals surface area contributed by atoms with Crippen LogP contribution in [0.25, 0.3) is 56.2 Å². The van der Waals surface area contributed by atoms with Crippen molar-refractivity contribution in [2.75, 3.05) is 6.61 Å². The summed E-state index contributed by atoms with van der Waals surface area (Å²) in [5.74, 6) is 0. The second kappa shape index (κ2) is 17.9. The molecule has 0 N–H and O–H groups in total. The van der Waals surface area contributed by atoms with E-state index in [0.29, 0.717) is 30.0 Å². The Hall–Kier alpha value is -7.09. The highest BCUT2D eigenvalue weighted by molar-refractivity contribution is 9.10. The summed E-state index contributed by atoms with van der Waals surface area (Å²) in [5, 5.41) is 11.5. The summed E-state index contributed by atoms with van der Waals surface area (Å²) in [5.41, 5.74) is 4.35. The molecule has 1 aliphatic carbocycles. The first-order chi connectivity index (χ1) is 32.8. The van der Waals surface area contributed by atoms with Crippen molar-refractivity contribution < 1.29 is 31.1 Å². The van der Waals surface area contributed by atoms with Gasteiger partial charge in [-0.05, 0) is 76.1 Å². The van der Waals surface area contributed by atoms with Gasteiger partial charge < -0.3 is 4.74 Å². The number of ether oxygens (including phenoxy) is 1. The van der Waals surface area contributed by atoms with Crippen molar-refractivity contribution in [3.63, 3.8) is 0 Å². The molecule has 0 saturated carbocycles. The molecular weight excluding hydrogens is 943 g/mol. The molecule has 1 saturated heterocycles. The minimum atomic E-state index is -4.52. The lowest BCUT2D eigenvalue weighted by Crippen LogP contribution is -2.37. The number of hydrogen-bond acceptors (Lipinski definition) is 4. The Morgan fingerprint density at radius 3 is 1.63 bits per heavy atom. The van der Waals surface area contributed by atoms with Crippen molar-refractivity contribution in [1.82, 2.24) is 19.6 Å². The number of benzene rings is 6. The van der Waals surface area contributed by atoms with Crippen LogP contribution in [0.15, 0.2) is 179 Å². The molecule has 9 aromatic rings. The average molecular weight is 982 g/mol. The lowest BCUT2D eigenvalue weighted by atomic mass is 9.75. The molecule has 340 valence electrons. The van der Waals surface area contributed by atoms with E-state index in [0.717, 1.165) is 84.4 Å². The molecule has 2 aliphatic heterocycles. The first-order valence-corrected chi connectivity index (χ1v) is 22.7. The van der Waals surface area contributed by atoms with Crippen LogP contribution in [0.5, 0.6) is 0 Å². The van der Waals surface area contributed by atoms with Crippen molar-refractivity contribution in [1.29, 1.82) is 0 Å². The Morgan fingerprint density at radius 1 is 0.559 bits per heavy atom. The molecule has 13 heteroatoms. The zero-order valence-corrected chi connectivity index (χ0v) is 37.6. The molecular formula is C55H39BrF6N4O2. The summed E-state index contributed by atoms with van der Waals surface area (Å²) in [7, 11) is 0. The molecule has 3 aliphatic rings. The first kappa shape index (κ1) is 44.7. The van der Waals surface area contributed by atoms with Gasteiger partial charge in [-0.25, -0.2) is 9.36 Å². The second-order valence-corrected chi connectivity index (χ2v) is 17.4. The zero-order valence-electron chi connectivity index (χ0n) is 36.0. The lowest BCUT2D eigenvalue weighted by Gasteiger charge is -2.34. The normalized spacial score (nSPS) is 15.5. The molecule has 6 nitrogen and oxygen atoms in total. The number of alkyl halides is 6. The summed E-state index contributed by atoms with van der Waals surface area (Å²) in [6, 6.07) is 52.2. The van der Waals surface area contributed by atoms with Gasteiger partial charge in [-0.3, -0.25) is 4.79 Å². The molecule has 0 bridgehead atoms. The predicted molar refractivity (Wildman–Crippen MR) is 257 cm³/mol. The van der Waals surface area contributed by atoms with Gasteiger partial charge in [0.1, 0.15) is 5.54 Å². The third-order valence-electron chi connectivity index (χ3n) is 12.5. The van der Waals surface area contributed by atoms with E-state index in [2.05, 4.69) is 26.1 Å². The predicted octanol–water partition coefficient (Wildman–Crippen LogP) is 14.6. The van der Waals surface area contributed by atoms with Gasteiger partial charge in [-0.15, -0.1) is 0 Å². The largest absolute Gasteiger partial charge is 0.435 e. The fourth-order valence-corrected chi connectivity index (χ4v) is 9.94. The molecule has 1 atom stereocenters. The van der Waals surface area contributed by atoms with E-state index in [1.807, 2.05) is 152 Å². The van der Waals surface area contributed by atoms with E-state index >= 15 is 0 Å². The molecule has 1 fully saturated rings. The molecule has 68 heavy (non-hydrogen) atoms. The fraction of sp³-hybridized carbons (Fsp3) is 0.145. The number of halogens is 7. The maximum absolute atomic E-state index is 13.7. The molecule has 0 radical (unpaired) electrons. The highest BCUT2D eigenvalue weighted by Gasteiger charge is 2.51. The Balaban J connectivity index is 0.000000125. The minimum absolute atomic E-state index is 0.108. The van der Waals surface area contributed by atoms with Gasteiger partial charge >= 0.3 is 12.4 Å². The van der Waals surface area contributed by atoms with Gasteiger partial charge in [0.05, 0.1) is 11.4 Å². The van der Waals surface area contributed by atoms with E-state index < -0.39 is 35.5 Å². The van der Waals surface area contributed by atoms with Crippen molar-refractivity contribution >= 4 is 49.6 Å². The highest BCUT2D eigenvalue weighted by atomic mass is 79.9. The van der Waals surface area contributed by atoms with Crippen LogP contribution in [0.3, 0.4) is 0 Å². The third kappa shape index (κ3) is 8.02. The molecule has 0 amide bonds. The van der Waals surface area contributed by atoms with Gasteiger partial charge in [0, 0.05) is 33.0 Å². The van der Waals surface area contributed by atoms with Crippen molar-refractivity contribution in [3.8, 4) is 22.5 Å². The summed E-state index contributed by atoms with van der Waals surface area (Å²) in [4.78, 5) is 12.3. The van der Waals surface area contributed by atoms with Crippen molar-refractivity contribution in [3.05, 3.63) is 224 Å². The molecule has 1 spiro atoms. The van der Waals surface area contributed by atoms with Crippen molar-refractivity contribution in [2.45, 2.75) is 43.4 Å². The van der Waals surface area contributed by atoms with E-state index in [1.54, 1.807) is 22.9 Å². The summed E-state index contributed by atoms with van der Waals surface area (Å²) in [6.45, 7) is 0.543. The topological polar surface area (TPSA) is 61.9 Å². The molecule has 12 rings (SSSR count). The number of aromatic nitrogens is 4. The molecule has 7 aromatic carbocycles. The Labute approximate surface area is 394 Å². The lowest BCUT2D eigenvalue weighted by molar-refractivity contribution is -0.142. The highest BCUT2D eigenvalue weighted by Crippen LogP contribution is 2.54. The van der Waals surface area contributed by atoms with Crippen LogP contribution in [-0.4, -0.2) is 26.2 Å². The minimum Gasteiger partial charge on any atom is -0.356 e. The van der Waals surface area contributed by atoms with Gasteiger partial charge in [0.15, 0.2) is 23.0 Å². The molecule has 4 heterocycles. The van der Waals surface area contributed by atoms with Crippen LogP contribution in [0, 0.1) is 0 Å². The number of nitrogens with zero attached hydrogens (tertiary/aromatic N) is 4. The van der Waals surface area contributed by atoms with Crippen LogP contribution in [-0.2, 0) is 22.6 Å². The summed E-state index contributed by atoms with van der Waals surface area (Å²) >= 11 is 3.39. The smallest absolute Gasteiger partial charge is 0.356 e. The van der Waals surface area contributed by atoms with Crippen LogP contribution in [0.4, 0.5) is 26.3 Å². The Morgan fingerprint density at radius 2 is 1.06 bits per heavy atom. The van der Waals surface area contributed by atoms with E-state index in [1.165, 1.54) is 4.68 Å². The van der Waals surface area contributed by atoms with Gasteiger partial charge in [0.25, 0.3) is 0 Å². The standard InChI is InChI=1S/C25H15F3N2.C15H14BrF3N2O.C15H10O/c26-25(27,28)23-15-22-18-9-3-6-12-21(18)24(30(22)29-23)19-10-4-1-7-16(19)13-14-17-8-2-5-11-20(17)24;16-11-6-2-1-5-10(11)12-9-13(15(17,18)19)20-21(12)14-7-3-4-8-22-14;16-15-13-7-3-1-5-11(13)9-10-12-6-2-4-8-14(12)15/h1-15H;1-2,5-6,9,14H,3-4,7-8H2;1-10H. The maximum Gasteiger partial charge on any atom is 0.435 e. The average Bonchev–Trinajstić information content (AvgIpc) is 4.03. The Bertz CT molecular complexity index is 3330.